The molecule has 0 unspecified atom stereocenters. The van der Waals surface area contributed by atoms with E-state index in [2.05, 4.69) is 40.7 Å². The number of hydrogen-bond acceptors (Lipinski definition) is 5. The molecule has 0 radical (unpaired) electrons. The molecule has 3 aromatic carbocycles. The third-order valence-corrected chi connectivity index (χ3v) is 7.97. The smallest absolute Gasteiger partial charge is 0.253 e. The number of nitrogens with zero attached hydrogens (tertiary/aromatic N) is 4. The number of halogens is 2. The SMILES string of the molecule is O=S(=O)(NCc1ccccc1Cl)c1ccc2[nH]c3nc4nc(-c5ccc(Br)cc5)cn4nc3c2c1. The fourth-order valence-corrected chi connectivity index (χ4v) is 5.37. The van der Waals surface area contributed by atoms with E-state index in [1.54, 1.807) is 47.1 Å². The molecule has 2 N–H and O–H groups in total. The lowest BCUT2D eigenvalue weighted by molar-refractivity contribution is 0.581. The first-order chi connectivity index (χ1) is 16.9. The Morgan fingerprint density at radius 3 is 2.63 bits per heavy atom. The lowest BCUT2D eigenvalue weighted by Crippen LogP contribution is -2.23. The number of H-pyrrole nitrogens is 1. The molecule has 3 heterocycles. The third kappa shape index (κ3) is 4.08. The molecule has 3 aromatic heterocycles. The molecule has 8 nitrogen and oxygen atoms in total. The van der Waals surface area contributed by atoms with Gasteiger partial charge in [0.25, 0.3) is 5.78 Å². The molecule has 0 saturated carbocycles. The number of sulfonamides is 1. The molecule has 0 aliphatic heterocycles. The second-order valence-corrected chi connectivity index (χ2v) is 11.0. The highest BCUT2D eigenvalue weighted by Crippen LogP contribution is 2.27. The van der Waals surface area contributed by atoms with Gasteiger partial charge in [-0.05, 0) is 42.0 Å². The molecule has 6 rings (SSSR count). The summed E-state index contributed by atoms with van der Waals surface area (Å²) < 4.78 is 31.2. The van der Waals surface area contributed by atoms with Crippen molar-refractivity contribution in [1.82, 2.24) is 29.3 Å². The van der Waals surface area contributed by atoms with Crippen LogP contribution in [0, 0.1) is 0 Å². The number of imidazole rings is 1. The van der Waals surface area contributed by atoms with Gasteiger partial charge in [0, 0.05) is 32.5 Å². The first-order valence-corrected chi connectivity index (χ1v) is 13.2. The largest absolute Gasteiger partial charge is 0.338 e. The lowest BCUT2D eigenvalue weighted by Gasteiger charge is -2.08. The molecule has 0 amide bonds. The normalized spacial score (nSPS) is 12.2. The Morgan fingerprint density at radius 2 is 1.83 bits per heavy atom. The van der Waals surface area contributed by atoms with E-state index in [-0.39, 0.29) is 11.4 Å². The quantitative estimate of drug-likeness (QED) is 0.293. The van der Waals surface area contributed by atoms with Crippen LogP contribution in [0.2, 0.25) is 5.02 Å². The van der Waals surface area contributed by atoms with Gasteiger partial charge in [0.15, 0.2) is 5.65 Å². The molecular formula is C24H16BrClN6O2S. The summed E-state index contributed by atoms with van der Waals surface area (Å²) in [6.07, 6.45) is 1.80. The molecular weight excluding hydrogens is 552 g/mol. The number of fused-ring (bicyclic) bond motifs is 4. The van der Waals surface area contributed by atoms with Crippen LogP contribution < -0.4 is 4.72 Å². The molecule has 0 bridgehead atoms. The summed E-state index contributed by atoms with van der Waals surface area (Å²) in [5.74, 6) is 0.441. The minimum Gasteiger partial charge on any atom is -0.338 e. The van der Waals surface area contributed by atoms with E-state index in [9.17, 15) is 8.42 Å². The standard InChI is InChI=1S/C24H16BrClN6O2S/c25-16-7-5-14(6-8-16)21-13-32-24(29-21)30-23-22(31-32)18-11-17(9-10-20(18)28-23)35(33,34)27-12-15-3-1-2-4-19(15)26/h1-11,13,27H,12H2,(H,28,29,30). The van der Waals surface area contributed by atoms with Crippen LogP contribution in [-0.2, 0) is 16.6 Å². The summed E-state index contributed by atoms with van der Waals surface area (Å²) in [6.45, 7) is 0.0855. The summed E-state index contributed by atoms with van der Waals surface area (Å²) in [6, 6.07) is 19.8. The highest BCUT2D eigenvalue weighted by molar-refractivity contribution is 9.10. The zero-order valence-electron chi connectivity index (χ0n) is 17.9. The van der Waals surface area contributed by atoms with Crippen molar-refractivity contribution in [2.24, 2.45) is 0 Å². The average molecular weight is 568 g/mol. The van der Waals surface area contributed by atoms with Crippen LogP contribution >= 0.6 is 27.5 Å². The summed E-state index contributed by atoms with van der Waals surface area (Å²) in [4.78, 5) is 12.5. The predicted octanol–water partition coefficient (Wildman–Crippen LogP) is 5.32. The molecule has 35 heavy (non-hydrogen) atoms. The minimum absolute atomic E-state index is 0.0855. The van der Waals surface area contributed by atoms with E-state index < -0.39 is 10.0 Å². The maximum absolute atomic E-state index is 13.0. The summed E-state index contributed by atoms with van der Waals surface area (Å²) in [5.41, 5.74) is 4.18. The van der Waals surface area contributed by atoms with Crippen LogP contribution in [0.5, 0.6) is 0 Å². The minimum atomic E-state index is -3.78. The highest BCUT2D eigenvalue weighted by Gasteiger charge is 2.18. The molecule has 0 spiro atoms. The molecule has 0 atom stereocenters. The summed E-state index contributed by atoms with van der Waals surface area (Å²) in [7, 11) is -3.78. The topological polar surface area (TPSA) is 105 Å². The molecule has 11 heteroatoms. The van der Waals surface area contributed by atoms with Gasteiger partial charge in [-0.3, -0.25) is 0 Å². The van der Waals surface area contributed by atoms with Crippen LogP contribution in [0.25, 0.3) is 39.1 Å². The zero-order valence-corrected chi connectivity index (χ0v) is 21.1. The number of aromatic nitrogens is 5. The number of nitrogens with one attached hydrogen (secondary N) is 2. The van der Waals surface area contributed by atoms with Crippen molar-refractivity contribution in [2.75, 3.05) is 0 Å². The maximum Gasteiger partial charge on any atom is 0.253 e. The van der Waals surface area contributed by atoms with Gasteiger partial charge in [-0.2, -0.15) is 10.1 Å². The van der Waals surface area contributed by atoms with E-state index in [4.69, 9.17) is 11.6 Å². The van der Waals surface area contributed by atoms with E-state index >= 15 is 0 Å². The van der Waals surface area contributed by atoms with Crippen molar-refractivity contribution in [1.29, 1.82) is 0 Å². The third-order valence-electron chi connectivity index (χ3n) is 5.67. The Bertz CT molecular complexity index is 1850. The van der Waals surface area contributed by atoms with Crippen LogP contribution in [0.4, 0.5) is 0 Å². The highest BCUT2D eigenvalue weighted by atomic mass is 79.9. The van der Waals surface area contributed by atoms with E-state index in [0.717, 1.165) is 21.2 Å². The second kappa shape index (κ2) is 8.42. The van der Waals surface area contributed by atoms with Crippen molar-refractivity contribution in [3.05, 3.63) is 88.0 Å². The fourth-order valence-electron chi connectivity index (χ4n) is 3.87. The second-order valence-electron chi connectivity index (χ2n) is 7.93. The van der Waals surface area contributed by atoms with Crippen LogP contribution in [0.15, 0.2) is 82.3 Å². The summed E-state index contributed by atoms with van der Waals surface area (Å²) >= 11 is 9.60. The first-order valence-electron chi connectivity index (χ1n) is 10.6. The molecule has 6 aromatic rings. The van der Waals surface area contributed by atoms with E-state index in [0.29, 0.717) is 32.9 Å². The Balaban J connectivity index is 1.39. The van der Waals surface area contributed by atoms with E-state index in [1.807, 2.05) is 30.3 Å². The monoisotopic (exact) mass is 566 g/mol. The average Bonchev–Trinajstić information content (AvgIpc) is 3.42. The van der Waals surface area contributed by atoms with Gasteiger partial charge in [-0.15, -0.1) is 0 Å². The first kappa shape index (κ1) is 22.2. The Labute approximate surface area is 213 Å². The Hall–Kier alpha value is -3.31. The Morgan fingerprint density at radius 1 is 1.03 bits per heavy atom. The van der Waals surface area contributed by atoms with Gasteiger partial charge in [0.05, 0.1) is 16.8 Å². The number of hydrogen-bond donors (Lipinski definition) is 2. The zero-order chi connectivity index (χ0) is 24.2. The molecule has 174 valence electrons. The maximum atomic E-state index is 13.0. The van der Waals surface area contributed by atoms with Crippen LogP contribution in [-0.4, -0.2) is 33.0 Å². The number of rotatable bonds is 5. The van der Waals surface area contributed by atoms with Gasteiger partial charge in [-0.1, -0.05) is 57.9 Å². The molecule has 0 saturated heterocycles. The van der Waals surface area contributed by atoms with Crippen LogP contribution in [0.3, 0.4) is 0 Å². The van der Waals surface area contributed by atoms with Crippen molar-refractivity contribution in [3.63, 3.8) is 0 Å². The van der Waals surface area contributed by atoms with Crippen molar-refractivity contribution in [2.45, 2.75) is 11.4 Å². The molecule has 0 fully saturated rings. The Kier molecular flexibility index (Phi) is 5.33. The number of aromatic amines is 1. The molecule has 0 aliphatic rings. The van der Waals surface area contributed by atoms with Crippen LogP contribution in [0.1, 0.15) is 5.56 Å². The van der Waals surface area contributed by atoms with Gasteiger partial charge < -0.3 is 4.98 Å². The van der Waals surface area contributed by atoms with Crippen molar-refractivity contribution < 1.29 is 8.42 Å². The van der Waals surface area contributed by atoms with Crippen molar-refractivity contribution in [3.8, 4) is 11.3 Å². The van der Waals surface area contributed by atoms with Gasteiger partial charge >= 0.3 is 0 Å². The van der Waals surface area contributed by atoms with E-state index in [1.165, 1.54) is 0 Å². The lowest BCUT2D eigenvalue weighted by atomic mass is 10.2. The van der Waals surface area contributed by atoms with Gasteiger partial charge in [0.2, 0.25) is 10.0 Å². The number of benzene rings is 3. The van der Waals surface area contributed by atoms with Gasteiger partial charge in [0.1, 0.15) is 5.52 Å². The molecule has 0 aliphatic carbocycles. The summed E-state index contributed by atoms with van der Waals surface area (Å²) in [5, 5.41) is 5.83. The van der Waals surface area contributed by atoms with Crippen molar-refractivity contribution >= 4 is 65.4 Å². The van der Waals surface area contributed by atoms with Gasteiger partial charge in [-0.25, -0.2) is 22.6 Å². The predicted molar refractivity (Wildman–Crippen MR) is 139 cm³/mol. The fraction of sp³-hybridized carbons (Fsp3) is 0.0417.